The zero-order valence-electron chi connectivity index (χ0n) is 17.1. The summed E-state index contributed by atoms with van der Waals surface area (Å²) in [5, 5.41) is 10.6. The molecule has 1 aliphatic rings. The number of nitrogens with zero attached hydrogens (tertiary/aromatic N) is 1. The fraction of sp³-hybridized carbons (Fsp3) is 0.103. The molecule has 0 aromatic heterocycles. The molecule has 5 aromatic carbocycles. The molecular weight excluding hydrogens is 442 g/mol. The first-order valence-corrected chi connectivity index (χ1v) is 11.7. The van der Waals surface area contributed by atoms with E-state index in [1.807, 2.05) is 0 Å². The summed E-state index contributed by atoms with van der Waals surface area (Å²) in [6.45, 7) is 0.856. The third-order valence-electron chi connectivity index (χ3n) is 6.35. The summed E-state index contributed by atoms with van der Waals surface area (Å²) in [4.78, 5) is 2.56. The molecular formula is C29H22BrN. The van der Waals surface area contributed by atoms with Gasteiger partial charge in [0.1, 0.15) is 4.95 Å². The zero-order chi connectivity index (χ0) is 20.8. The Morgan fingerprint density at radius 2 is 1.39 bits per heavy atom. The van der Waals surface area contributed by atoms with Gasteiger partial charge >= 0.3 is 0 Å². The van der Waals surface area contributed by atoms with E-state index in [0.29, 0.717) is 0 Å². The molecule has 0 N–H and O–H groups in total. The third-order valence-corrected chi connectivity index (χ3v) is 7.18. The topological polar surface area (TPSA) is 3.24 Å². The molecule has 0 unspecified atom stereocenters. The molecule has 0 saturated carbocycles. The minimum absolute atomic E-state index is 0.203. The molecule has 0 radical (unpaired) electrons. The minimum atomic E-state index is 0.203. The summed E-state index contributed by atoms with van der Waals surface area (Å²) in [6.07, 6.45) is 9.87. The van der Waals surface area contributed by atoms with Gasteiger partial charge in [-0.2, -0.15) is 0 Å². The molecule has 0 fully saturated rings. The van der Waals surface area contributed by atoms with Gasteiger partial charge in [-0.05, 0) is 67.3 Å². The fourth-order valence-electron chi connectivity index (χ4n) is 4.89. The van der Waals surface area contributed by atoms with Crippen LogP contribution in [0.2, 0.25) is 0 Å². The largest absolute Gasteiger partial charge is 0.358 e. The summed E-state index contributed by atoms with van der Waals surface area (Å²) in [7, 11) is 0. The zero-order valence-corrected chi connectivity index (χ0v) is 18.7. The second-order valence-electron chi connectivity index (χ2n) is 8.22. The first kappa shape index (κ1) is 18.7. The highest BCUT2D eigenvalue weighted by Gasteiger charge is 2.16. The molecule has 6 rings (SSSR count). The fourth-order valence-corrected chi connectivity index (χ4v) is 5.38. The quantitative estimate of drug-likeness (QED) is 0.110. The number of hydrogen-bond acceptors (Lipinski definition) is 1. The summed E-state index contributed by atoms with van der Waals surface area (Å²) in [5.41, 5.74) is 1.35. The summed E-state index contributed by atoms with van der Waals surface area (Å²) >= 11 is 3.84. The van der Waals surface area contributed by atoms with Crippen molar-refractivity contribution in [1.29, 1.82) is 0 Å². The van der Waals surface area contributed by atoms with Gasteiger partial charge in [-0.25, -0.2) is 0 Å². The highest BCUT2D eigenvalue weighted by atomic mass is 79.9. The smallest absolute Gasteiger partial charge is 0.103 e. The number of rotatable bonds is 2. The van der Waals surface area contributed by atoms with Crippen LogP contribution in [0.4, 0.5) is 0 Å². The number of allylic oxidation sites excluding steroid dienone is 2. The van der Waals surface area contributed by atoms with Crippen LogP contribution in [0.5, 0.6) is 0 Å². The molecule has 31 heavy (non-hydrogen) atoms. The molecule has 1 nitrogen and oxygen atoms in total. The van der Waals surface area contributed by atoms with Crippen molar-refractivity contribution in [3.8, 4) is 0 Å². The van der Waals surface area contributed by atoms with Gasteiger partial charge in [0, 0.05) is 6.54 Å². The van der Waals surface area contributed by atoms with Crippen molar-refractivity contribution in [2.24, 2.45) is 0 Å². The summed E-state index contributed by atoms with van der Waals surface area (Å²) < 4.78 is 0. The molecule has 0 saturated heterocycles. The Kier molecular flexibility index (Phi) is 4.54. The van der Waals surface area contributed by atoms with E-state index >= 15 is 0 Å². The molecule has 0 spiro atoms. The molecule has 5 aromatic rings. The lowest BCUT2D eigenvalue weighted by molar-refractivity contribution is 0.392. The Morgan fingerprint density at radius 1 is 0.710 bits per heavy atom. The average Bonchev–Trinajstić information content (AvgIpc) is 3.02. The molecule has 0 aliphatic carbocycles. The van der Waals surface area contributed by atoms with Crippen molar-refractivity contribution in [3.63, 3.8) is 0 Å². The second kappa shape index (κ2) is 7.55. The van der Waals surface area contributed by atoms with Gasteiger partial charge in [-0.3, -0.25) is 0 Å². The lowest BCUT2D eigenvalue weighted by Crippen LogP contribution is -2.23. The second-order valence-corrected chi connectivity index (χ2v) is 9.16. The van der Waals surface area contributed by atoms with E-state index in [2.05, 4.69) is 124 Å². The van der Waals surface area contributed by atoms with E-state index < -0.39 is 0 Å². The SMILES string of the molecule is Br[C@H]1C=CCC=CN1Cc1cc2ccc3ccccc3c2c2c1ccc1ccccc12. The Balaban J connectivity index is 1.71. The van der Waals surface area contributed by atoms with E-state index in [0.717, 1.165) is 13.0 Å². The van der Waals surface area contributed by atoms with E-state index in [-0.39, 0.29) is 4.95 Å². The Morgan fingerprint density at radius 3 is 2.19 bits per heavy atom. The van der Waals surface area contributed by atoms with Gasteiger partial charge < -0.3 is 4.90 Å². The van der Waals surface area contributed by atoms with E-state index in [9.17, 15) is 0 Å². The van der Waals surface area contributed by atoms with Gasteiger partial charge in [-0.1, -0.05) is 107 Å². The van der Waals surface area contributed by atoms with Crippen molar-refractivity contribution in [2.75, 3.05) is 0 Å². The monoisotopic (exact) mass is 463 g/mol. The van der Waals surface area contributed by atoms with Crippen LogP contribution in [-0.2, 0) is 6.54 Å². The minimum Gasteiger partial charge on any atom is -0.358 e. The van der Waals surface area contributed by atoms with Crippen LogP contribution in [0.3, 0.4) is 0 Å². The first-order valence-electron chi connectivity index (χ1n) is 10.8. The van der Waals surface area contributed by atoms with Crippen molar-refractivity contribution in [2.45, 2.75) is 17.9 Å². The maximum Gasteiger partial charge on any atom is 0.103 e. The lowest BCUT2D eigenvalue weighted by atomic mass is 9.90. The van der Waals surface area contributed by atoms with E-state index in [4.69, 9.17) is 0 Å². The maximum atomic E-state index is 3.84. The lowest BCUT2D eigenvalue weighted by Gasteiger charge is -2.25. The van der Waals surface area contributed by atoms with Crippen molar-refractivity contribution < 1.29 is 0 Å². The highest BCUT2D eigenvalue weighted by molar-refractivity contribution is 9.09. The molecule has 1 atom stereocenters. The summed E-state index contributed by atoms with van der Waals surface area (Å²) in [6, 6.07) is 29.0. The van der Waals surface area contributed by atoms with Crippen molar-refractivity contribution >= 4 is 59.0 Å². The highest BCUT2D eigenvalue weighted by Crippen LogP contribution is 2.39. The molecule has 2 heteroatoms. The number of benzene rings is 5. The molecule has 0 bridgehead atoms. The molecule has 1 heterocycles. The number of alkyl halides is 1. The molecule has 0 amide bonds. The predicted molar refractivity (Wildman–Crippen MR) is 138 cm³/mol. The Labute approximate surface area is 190 Å². The van der Waals surface area contributed by atoms with Crippen LogP contribution >= 0.6 is 15.9 Å². The molecule has 150 valence electrons. The summed E-state index contributed by atoms with van der Waals surface area (Å²) in [5.74, 6) is 0. The van der Waals surface area contributed by atoms with Crippen molar-refractivity contribution in [3.05, 3.63) is 109 Å². The van der Waals surface area contributed by atoms with E-state index in [1.165, 1.54) is 48.7 Å². The maximum absolute atomic E-state index is 3.84. The van der Waals surface area contributed by atoms with Gasteiger partial charge in [0.15, 0.2) is 0 Å². The van der Waals surface area contributed by atoms with Crippen LogP contribution in [0.15, 0.2) is 103 Å². The average molecular weight is 464 g/mol. The number of fused-ring (bicyclic) bond motifs is 7. The Hall–Kier alpha value is -3.10. The third kappa shape index (κ3) is 3.14. The number of halogens is 1. The van der Waals surface area contributed by atoms with Gasteiger partial charge in [0.05, 0.1) is 0 Å². The van der Waals surface area contributed by atoms with E-state index in [1.54, 1.807) is 0 Å². The first-order chi connectivity index (χ1) is 15.3. The van der Waals surface area contributed by atoms with Crippen LogP contribution in [0, 0.1) is 0 Å². The standard InChI is InChI=1S/C29H22BrN/c30-27-12-2-1-7-17-31(27)19-23-18-22-14-13-20-8-3-5-10-24(20)28(22)29-25-11-6-4-9-21(25)15-16-26(23)29/h2-18,27H,1,19H2/t27-/m1/s1. The van der Waals surface area contributed by atoms with Gasteiger partial charge in [0.25, 0.3) is 0 Å². The molecule has 1 aliphatic heterocycles. The van der Waals surface area contributed by atoms with Crippen LogP contribution in [-0.4, -0.2) is 9.85 Å². The predicted octanol–water partition coefficient (Wildman–Crippen LogP) is 8.30. The normalized spacial score (nSPS) is 16.5. The van der Waals surface area contributed by atoms with Gasteiger partial charge in [-0.15, -0.1) is 0 Å². The van der Waals surface area contributed by atoms with Crippen LogP contribution in [0.1, 0.15) is 12.0 Å². The van der Waals surface area contributed by atoms with Crippen LogP contribution in [0.25, 0.3) is 43.1 Å². The van der Waals surface area contributed by atoms with Crippen LogP contribution < -0.4 is 0 Å². The van der Waals surface area contributed by atoms with Crippen molar-refractivity contribution in [1.82, 2.24) is 4.90 Å². The Bertz CT molecular complexity index is 1510. The number of hydrogen-bond donors (Lipinski definition) is 0. The van der Waals surface area contributed by atoms with Gasteiger partial charge in [0.2, 0.25) is 0 Å².